The minimum Gasteiger partial charge on any atom is -0.480 e. The first kappa shape index (κ1) is 21.2. The van der Waals surface area contributed by atoms with Crippen molar-refractivity contribution in [1.29, 1.82) is 0 Å². The van der Waals surface area contributed by atoms with Crippen LogP contribution in [0, 0.1) is 0 Å². The molecule has 12 heteroatoms. The SMILES string of the molecule is O=C(O)C(C(C(=O)O)N1C(=O)CCC1=O)N1C(=O)CCC1=O.OCCO. The number of hydrogen-bond donors (Lipinski definition) is 4. The molecular formula is C14H18N2O10. The van der Waals surface area contributed by atoms with E-state index in [9.17, 15) is 39.0 Å². The second-order valence-electron chi connectivity index (χ2n) is 5.33. The average Bonchev–Trinajstić information content (AvgIpc) is 3.07. The molecule has 0 aromatic heterocycles. The molecular weight excluding hydrogens is 356 g/mol. The van der Waals surface area contributed by atoms with Crippen LogP contribution < -0.4 is 0 Å². The summed E-state index contributed by atoms with van der Waals surface area (Å²) in [5.41, 5.74) is 0. The maximum Gasteiger partial charge on any atom is 0.329 e. The van der Waals surface area contributed by atoms with Gasteiger partial charge in [-0.15, -0.1) is 0 Å². The van der Waals surface area contributed by atoms with E-state index in [4.69, 9.17) is 10.2 Å². The first-order chi connectivity index (χ1) is 12.2. The molecule has 0 bridgehead atoms. The van der Waals surface area contributed by atoms with E-state index in [0.717, 1.165) is 0 Å². The number of imide groups is 2. The highest BCUT2D eigenvalue weighted by Crippen LogP contribution is 2.24. The Kier molecular flexibility index (Phi) is 7.34. The van der Waals surface area contributed by atoms with Gasteiger partial charge in [-0.25, -0.2) is 9.59 Å². The second-order valence-corrected chi connectivity index (χ2v) is 5.33. The topological polar surface area (TPSA) is 190 Å². The fourth-order valence-electron chi connectivity index (χ4n) is 2.58. The van der Waals surface area contributed by atoms with Gasteiger partial charge in [0, 0.05) is 25.7 Å². The molecule has 2 fully saturated rings. The maximum atomic E-state index is 11.7. The molecule has 0 aromatic carbocycles. The van der Waals surface area contributed by atoms with E-state index in [0.29, 0.717) is 9.80 Å². The largest absolute Gasteiger partial charge is 0.480 e. The average molecular weight is 374 g/mol. The molecule has 2 aliphatic rings. The third-order valence-electron chi connectivity index (χ3n) is 3.64. The second kappa shape index (κ2) is 9.01. The van der Waals surface area contributed by atoms with Gasteiger partial charge in [-0.3, -0.25) is 29.0 Å². The lowest BCUT2D eigenvalue weighted by Crippen LogP contribution is -2.61. The van der Waals surface area contributed by atoms with E-state index in [1.165, 1.54) is 0 Å². The number of aliphatic hydroxyl groups excluding tert-OH is 2. The van der Waals surface area contributed by atoms with Gasteiger partial charge in [0.1, 0.15) is 0 Å². The van der Waals surface area contributed by atoms with Crippen molar-refractivity contribution in [2.24, 2.45) is 0 Å². The summed E-state index contributed by atoms with van der Waals surface area (Å²) in [6, 6.07) is -4.27. The van der Waals surface area contributed by atoms with E-state index >= 15 is 0 Å². The number of carbonyl (C=O) groups excluding carboxylic acids is 4. The lowest BCUT2D eigenvalue weighted by atomic mass is 10.1. The monoisotopic (exact) mass is 374 g/mol. The molecule has 4 amide bonds. The van der Waals surface area contributed by atoms with Crippen molar-refractivity contribution in [3.8, 4) is 0 Å². The van der Waals surface area contributed by atoms with Crippen LogP contribution in [0.3, 0.4) is 0 Å². The van der Waals surface area contributed by atoms with Crippen molar-refractivity contribution < 1.29 is 49.2 Å². The molecule has 0 aliphatic carbocycles. The number of carbonyl (C=O) groups is 6. The number of carboxylic acid groups (broad SMARTS) is 2. The Morgan fingerprint density at radius 1 is 0.692 bits per heavy atom. The Morgan fingerprint density at radius 2 is 0.923 bits per heavy atom. The Bertz CT molecular complexity index is 545. The van der Waals surface area contributed by atoms with Crippen molar-refractivity contribution in [2.45, 2.75) is 37.8 Å². The number of carboxylic acids is 2. The maximum absolute atomic E-state index is 11.7. The Morgan fingerprint density at radius 3 is 1.08 bits per heavy atom. The minimum absolute atomic E-state index is 0.125. The van der Waals surface area contributed by atoms with Crippen LogP contribution in [0.5, 0.6) is 0 Å². The van der Waals surface area contributed by atoms with Gasteiger partial charge in [-0.2, -0.15) is 0 Å². The highest BCUT2D eigenvalue weighted by Gasteiger charge is 2.52. The first-order valence-electron chi connectivity index (χ1n) is 7.54. The van der Waals surface area contributed by atoms with Gasteiger partial charge >= 0.3 is 11.9 Å². The number of aliphatic hydroxyl groups is 2. The van der Waals surface area contributed by atoms with Gasteiger partial charge in [-0.05, 0) is 0 Å². The van der Waals surface area contributed by atoms with E-state index in [1.807, 2.05) is 0 Å². The number of hydrogen-bond acceptors (Lipinski definition) is 8. The summed E-state index contributed by atoms with van der Waals surface area (Å²) in [6.45, 7) is -0.250. The Labute approximate surface area is 146 Å². The fraction of sp³-hybridized carbons (Fsp3) is 0.571. The van der Waals surface area contributed by atoms with Crippen LogP contribution in [-0.2, 0) is 28.8 Å². The first-order valence-corrected chi connectivity index (χ1v) is 7.54. The number of nitrogens with zero attached hydrogens (tertiary/aromatic N) is 2. The fourth-order valence-corrected chi connectivity index (χ4v) is 2.58. The van der Waals surface area contributed by atoms with Crippen LogP contribution in [0.2, 0.25) is 0 Å². The molecule has 2 atom stereocenters. The van der Waals surface area contributed by atoms with Crippen LogP contribution in [-0.4, -0.2) is 91.1 Å². The van der Waals surface area contributed by atoms with Gasteiger partial charge in [0.15, 0.2) is 12.1 Å². The van der Waals surface area contributed by atoms with Crippen LogP contribution in [0.1, 0.15) is 25.7 Å². The van der Waals surface area contributed by atoms with Crippen LogP contribution in [0.25, 0.3) is 0 Å². The molecule has 0 aromatic rings. The normalized spacial score (nSPS) is 19.3. The van der Waals surface area contributed by atoms with Crippen molar-refractivity contribution in [3.05, 3.63) is 0 Å². The summed E-state index contributed by atoms with van der Waals surface area (Å²) in [7, 11) is 0. The lowest BCUT2D eigenvalue weighted by molar-refractivity contribution is -0.167. The number of likely N-dealkylation sites (tertiary alicyclic amines) is 2. The molecule has 2 saturated heterocycles. The van der Waals surface area contributed by atoms with Crippen LogP contribution >= 0.6 is 0 Å². The zero-order valence-electron chi connectivity index (χ0n) is 13.5. The summed E-state index contributed by atoms with van der Waals surface area (Å²) in [6.07, 6.45) is -0.957. The van der Waals surface area contributed by atoms with Crippen LogP contribution in [0.4, 0.5) is 0 Å². The van der Waals surface area contributed by atoms with Crippen molar-refractivity contribution >= 4 is 35.6 Å². The number of aliphatic carboxylic acids is 2. The third-order valence-corrected chi connectivity index (χ3v) is 3.64. The lowest BCUT2D eigenvalue weighted by Gasteiger charge is -2.32. The van der Waals surface area contributed by atoms with E-state index < -0.39 is 47.7 Å². The van der Waals surface area contributed by atoms with Crippen molar-refractivity contribution in [2.75, 3.05) is 13.2 Å². The van der Waals surface area contributed by atoms with Gasteiger partial charge in [0.05, 0.1) is 13.2 Å². The van der Waals surface area contributed by atoms with Crippen molar-refractivity contribution in [1.82, 2.24) is 9.80 Å². The summed E-state index contributed by atoms with van der Waals surface area (Å²) in [4.78, 5) is 70.3. The van der Waals surface area contributed by atoms with Gasteiger partial charge in [0.2, 0.25) is 23.6 Å². The molecule has 144 valence electrons. The molecule has 2 heterocycles. The highest BCUT2D eigenvalue weighted by molar-refractivity contribution is 6.09. The zero-order valence-corrected chi connectivity index (χ0v) is 13.5. The predicted octanol–water partition coefficient (Wildman–Crippen LogP) is -2.84. The quantitative estimate of drug-likeness (QED) is 0.352. The standard InChI is InChI=1S/C12H12N2O8.C2H6O2/c15-5-1-2-6(16)13(5)9(11(19)20)10(12(21)22)14-7(17)3-4-8(14)18;3-1-2-4/h9-10H,1-4H2,(H,19,20)(H,21,22);3-4H,1-2H2. The number of rotatable bonds is 6. The van der Waals surface area contributed by atoms with Crippen molar-refractivity contribution in [3.63, 3.8) is 0 Å². The summed E-state index contributed by atoms with van der Waals surface area (Å²) in [5, 5.41) is 33.8. The number of amides is 4. The molecule has 12 nitrogen and oxygen atoms in total. The molecule has 2 rings (SSSR count). The Balaban J connectivity index is 0.000000765. The Hall–Kier alpha value is -2.86. The smallest absolute Gasteiger partial charge is 0.329 e. The highest BCUT2D eigenvalue weighted by atomic mass is 16.4. The third kappa shape index (κ3) is 4.40. The predicted molar refractivity (Wildman–Crippen MR) is 79.2 cm³/mol. The summed E-state index contributed by atoms with van der Waals surface area (Å²) >= 11 is 0. The molecule has 0 saturated carbocycles. The van der Waals surface area contributed by atoms with E-state index in [2.05, 4.69) is 0 Å². The molecule has 0 radical (unpaired) electrons. The van der Waals surface area contributed by atoms with E-state index in [1.54, 1.807) is 0 Å². The summed E-state index contributed by atoms with van der Waals surface area (Å²) in [5.74, 6) is -6.93. The van der Waals surface area contributed by atoms with Gasteiger partial charge in [0.25, 0.3) is 0 Å². The molecule has 2 unspecified atom stereocenters. The molecule has 2 aliphatic heterocycles. The van der Waals surface area contributed by atoms with Gasteiger partial charge < -0.3 is 20.4 Å². The zero-order chi connectivity index (χ0) is 20.0. The van der Waals surface area contributed by atoms with Crippen LogP contribution in [0.15, 0.2) is 0 Å². The molecule has 4 N–H and O–H groups in total. The summed E-state index contributed by atoms with van der Waals surface area (Å²) < 4.78 is 0. The minimum atomic E-state index is -2.13. The molecule has 26 heavy (non-hydrogen) atoms. The van der Waals surface area contributed by atoms with Gasteiger partial charge in [-0.1, -0.05) is 0 Å². The van der Waals surface area contributed by atoms with E-state index in [-0.39, 0.29) is 38.9 Å². The molecule has 0 spiro atoms.